The molecule has 0 saturated carbocycles. The monoisotopic (exact) mass is 312 g/mol. The molecule has 1 heterocycles. The summed E-state index contributed by atoms with van der Waals surface area (Å²) in [6.07, 6.45) is -3.38. The minimum Gasteiger partial charge on any atom is -0.492 e. The molecule has 0 radical (unpaired) electrons. The molecule has 1 atom stereocenters. The fourth-order valence-corrected chi connectivity index (χ4v) is 1.59. The molecule has 7 heteroatoms. The summed E-state index contributed by atoms with van der Waals surface area (Å²) in [6, 6.07) is 8.09. The minimum atomic E-state index is -4.43. The number of nitrogens with two attached hydrogens (primary N) is 1. The van der Waals surface area contributed by atoms with Crippen LogP contribution in [0.2, 0.25) is 0 Å². The van der Waals surface area contributed by atoms with Crippen LogP contribution in [0.25, 0.3) is 0 Å². The third kappa shape index (κ3) is 4.63. The lowest BCUT2D eigenvalue weighted by Crippen LogP contribution is -2.23. The van der Waals surface area contributed by atoms with Crippen molar-refractivity contribution < 1.29 is 22.6 Å². The molecule has 0 saturated heterocycles. The summed E-state index contributed by atoms with van der Waals surface area (Å²) in [7, 11) is 0. The third-order valence-electron chi connectivity index (χ3n) is 2.62. The minimum absolute atomic E-state index is 0.0924. The van der Waals surface area contributed by atoms with Gasteiger partial charge < -0.3 is 15.2 Å². The molecule has 0 aliphatic heterocycles. The standard InChI is InChI=1S/C15H15F3N2O2/c1-10(19)9-21-12-2-4-13(5-3-12)22-14-8-11(6-7-20-14)15(16,17)18/h2-8,10H,9,19H2,1H3. The van der Waals surface area contributed by atoms with Gasteiger partial charge in [0.2, 0.25) is 5.88 Å². The number of ether oxygens (including phenoxy) is 2. The van der Waals surface area contributed by atoms with E-state index in [-0.39, 0.29) is 11.9 Å². The Morgan fingerprint density at radius 2 is 1.77 bits per heavy atom. The molecule has 2 rings (SSSR count). The summed E-state index contributed by atoms with van der Waals surface area (Å²) in [5.41, 5.74) is 4.76. The molecule has 1 aromatic carbocycles. The Morgan fingerprint density at radius 1 is 1.14 bits per heavy atom. The molecule has 0 amide bonds. The van der Waals surface area contributed by atoms with Gasteiger partial charge in [-0.05, 0) is 37.3 Å². The van der Waals surface area contributed by atoms with E-state index in [1.165, 1.54) is 0 Å². The number of hydrogen-bond acceptors (Lipinski definition) is 4. The first-order valence-corrected chi connectivity index (χ1v) is 6.54. The van der Waals surface area contributed by atoms with Crippen molar-refractivity contribution in [3.05, 3.63) is 48.2 Å². The molecule has 2 aromatic rings. The molecule has 0 spiro atoms. The number of nitrogens with zero attached hydrogens (tertiary/aromatic N) is 1. The fourth-order valence-electron chi connectivity index (χ4n) is 1.59. The highest BCUT2D eigenvalue weighted by molar-refractivity contribution is 5.34. The van der Waals surface area contributed by atoms with Gasteiger partial charge in [0.15, 0.2) is 0 Å². The molecular weight excluding hydrogens is 297 g/mol. The number of pyridine rings is 1. The second-order valence-electron chi connectivity index (χ2n) is 4.74. The average molecular weight is 312 g/mol. The van der Waals surface area contributed by atoms with E-state index >= 15 is 0 Å². The molecule has 2 N–H and O–H groups in total. The first kappa shape index (κ1) is 16.1. The summed E-state index contributed by atoms with van der Waals surface area (Å²) < 4.78 is 48.5. The Kier molecular flexibility index (Phi) is 4.87. The van der Waals surface area contributed by atoms with Gasteiger partial charge >= 0.3 is 6.18 Å². The van der Waals surface area contributed by atoms with E-state index in [4.69, 9.17) is 15.2 Å². The van der Waals surface area contributed by atoms with Gasteiger partial charge in [0.05, 0.1) is 5.56 Å². The van der Waals surface area contributed by atoms with Crippen LogP contribution >= 0.6 is 0 Å². The van der Waals surface area contributed by atoms with Crippen LogP contribution in [-0.2, 0) is 6.18 Å². The van der Waals surface area contributed by atoms with Crippen molar-refractivity contribution in [3.63, 3.8) is 0 Å². The zero-order chi connectivity index (χ0) is 16.2. The molecule has 4 nitrogen and oxygen atoms in total. The fraction of sp³-hybridized carbons (Fsp3) is 0.267. The van der Waals surface area contributed by atoms with Gasteiger partial charge in [-0.2, -0.15) is 13.2 Å². The second kappa shape index (κ2) is 6.65. The van der Waals surface area contributed by atoms with Crippen LogP contribution in [0, 0.1) is 0 Å². The number of benzene rings is 1. The van der Waals surface area contributed by atoms with Gasteiger partial charge in [0.1, 0.15) is 18.1 Å². The van der Waals surface area contributed by atoms with E-state index in [9.17, 15) is 13.2 Å². The number of alkyl halides is 3. The summed E-state index contributed by atoms with van der Waals surface area (Å²) in [5, 5.41) is 0. The molecule has 118 valence electrons. The molecule has 0 aliphatic rings. The van der Waals surface area contributed by atoms with Crippen LogP contribution in [0.3, 0.4) is 0 Å². The molecule has 0 bridgehead atoms. The molecular formula is C15H15F3N2O2. The SMILES string of the molecule is CC(N)COc1ccc(Oc2cc(C(F)(F)F)ccn2)cc1. The van der Waals surface area contributed by atoms with Crippen LogP contribution in [0.5, 0.6) is 17.4 Å². The summed E-state index contributed by atoms with van der Waals surface area (Å²) in [5.74, 6) is 0.834. The van der Waals surface area contributed by atoms with Gasteiger partial charge in [0, 0.05) is 18.3 Å². The molecule has 22 heavy (non-hydrogen) atoms. The largest absolute Gasteiger partial charge is 0.492 e. The number of halogens is 3. The highest BCUT2D eigenvalue weighted by atomic mass is 19.4. The Morgan fingerprint density at radius 3 is 2.36 bits per heavy atom. The van der Waals surface area contributed by atoms with Crippen LogP contribution in [0.15, 0.2) is 42.6 Å². The second-order valence-corrected chi connectivity index (χ2v) is 4.74. The van der Waals surface area contributed by atoms with Crippen LogP contribution < -0.4 is 15.2 Å². The highest BCUT2D eigenvalue weighted by Crippen LogP contribution is 2.31. The van der Waals surface area contributed by atoms with Gasteiger partial charge in [-0.15, -0.1) is 0 Å². The van der Waals surface area contributed by atoms with E-state index < -0.39 is 11.7 Å². The lowest BCUT2D eigenvalue weighted by Gasteiger charge is -2.10. The van der Waals surface area contributed by atoms with Crippen molar-refractivity contribution in [2.75, 3.05) is 6.61 Å². The van der Waals surface area contributed by atoms with Crippen molar-refractivity contribution in [3.8, 4) is 17.4 Å². The summed E-state index contributed by atoms with van der Waals surface area (Å²) in [4.78, 5) is 3.76. The number of aromatic nitrogens is 1. The Balaban J connectivity index is 2.05. The maximum atomic E-state index is 12.6. The number of hydrogen-bond donors (Lipinski definition) is 1. The Bertz CT molecular complexity index is 613. The zero-order valence-corrected chi connectivity index (χ0v) is 11.8. The smallest absolute Gasteiger partial charge is 0.416 e. The van der Waals surface area contributed by atoms with Crippen molar-refractivity contribution >= 4 is 0 Å². The quantitative estimate of drug-likeness (QED) is 0.916. The van der Waals surface area contributed by atoms with E-state index in [1.807, 2.05) is 6.92 Å². The van der Waals surface area contributed by atoms with Crippen molar-refractivity contribution in [2.24, 2.45) is 5.73 Å². The third-order valence-corrected chi connectivity index (χ3v) is 2.62. The Labute approximate surface area is 125 Å². The van der Waals surface area contributed by atoms with Crippen LogP contribution in [-0.4, -0.2) is 17.6 Å². The first-order chi connectivity index (χ1) is 10.3. The van der Waals surface area contributed by atoms with E-state index in [0.29, 0.717) is 18.1 Å². The number of rotatable bonds is 5. The van der Waals surface area contributed by atoms with Crippen molar-refractivity contribution in [2.45, 2.75) is 19.1 Å². The van der Waals surface area contributed by atoms with E-state index in [0.717, 1.165) is 18.3 Å². The normalized spacial score (nSPS) is 12.8. The van der Waals surface area contributed by atoms with Crippen molar-refractivity contribution in [1.82, 2.24) is 4.98 Å². The maximum absolute atomic E-state index is 12.6. The Hall–Kier alpha value is -2.28. The predicted octanol–water partition coefficient (Wildman–Crippen LogP) is 3.62. The van der Waals surface area contributed by atoms with Gasteiger partial charge in [-0.3, -0.25) is 0 Å². The topological polar surface area (TPSA) is 57.4 Å². The van der Waals surface area contributed by atoms with Gasteiger partial charge in [-0.25, -0.2) is 4.98 Å². The molecule has 1 unspecified atom stereocenters. The predicted molar refractivity (Wildman–Crippen MR) is 74.9 cm³/mol. The lowest BCUT2D eigenvalue weighted by atomic mass is 10.2. The summed E-state index contributed by atoms with van der Waals surface area (Å²) in [6.45, 7) is 2.19. The van der Waals surface area contributed by atoms with Crippen LogP contribution in [0.4, 0.5) is 13.2 Å². The molecule has 1 aromatic heterocycles. The van der Waals surface area contributed by atoms with Gasteiger partial charge in [0.25, 0.3) is 0 Å². The first-order valence-electron chi connectivity index (χ1n) is 6.54. The lowest BCUT2D eigenvalue weighted by molar-refractivity contribution is -0.137. The average Bonchev–Trinajstić information content (AvgIpc) is 2.46. The summed E-state index contributed by atoms with van der Waals surface area (Å²) >= 11 is 0. The van der Waals surface area contributed by atoms with E-state index in [1.54, 1.807) is 24.3 Å². The van der Waals surface area contributed by atoms with E-state index in [2.05, 4.69) is 4.98 Å². The maximum Gasteiger partial charge on any atom is 0.416 e. The molecule has 0 fully saturated rings. The highest BCUT2D eigenvalue weighted by Gasteiger charge is 2.31. The zero-order valence-electron chi connectivity index (χ0n) is 11.8. The molecule has 0 aliphatic carbocycles. The van der Waals surface area contributed by atoms with Crippen LogP contribution in [0.1, 0.15) is 12.5 Å². The van der Waals surface area contributed by atoms with Gasteiger partial charge in [-0.1, -0.05) is 0 Å². The van der Waals surface area contributed by atoms with Crippen molar-refractivity contribution in [1.29, 1.82) is 0 Å².